The van der Waals surface area contributed by atoms with Gasteiger partial charge in [-0.3, -0.25) is 9.36 Å². The van der Waals surface area contributed by atoms with Gasteiger partial charge in [0.05, 0.1) is 22.1 Å². The Labute approximate surface area is 181 Å². The van der Waals surface area contributed by atoms with Crippen molar-refractivity contribution < 1.29 is 0 Å². The number of benzene rings is 2. The van der Waals surface area contributed by atoms with Gasteiger partial charge in [-0.25, -0.2) is 14.3 Å². The molecular formula is C22H18Cl2N4O2. The van der Waals surface area contributed by atoms with Gasteiger partial charge < -0.3 is 4.57 Å². The zero-order chi connectivity index (χ0) is 21.0. The minimum atomic E-state index is -0.343. The van der Waals surface area contributed by atoms with Crippen LogP contribution >= 0.6 is 23.2 Å². The fourth-order valence-electron chi connectivity index (χ4n) is 3.79. The van der Waals surface area contributed by atoms with Crippen molar-refractivity contribution in [2.24, 2.45) is 0 Å². The molecule has 0 spiro atoms. The van der Waals surface area contributed by atoms with Crippen LogP contribution in [-0.2, 0) is 6.54 Å². The highest BCUT2D eigenvalue weighted by molar-refractivity contribution is 6.42. The van der Waals surface area contributed by atoms with Crippen molar-refractivity contribution >= 4 is 34.4 Å². The number of fused-ring (bicyclic) bond motifs is 1. The van der Waals surface area contributed by atoms with E-state index in [0.717, 1.165) is 29.7 Å². The maximum Gasteiger partial charge on any atom is 0.337 e. The molecule has 2 aromatic carbocycles. The van der Waals surface area contributed by atoms with Crippen LogP contribution < -0.4 is 11.2 Å². The summed E-state index contributed by atoms with van der Waals surface area (Å²) in [7, 11) is 0. The number of aromatic nitrogens is 4. The van der Waals surface area contributed by atoms with Gasteiger partial charge in [-0.2, -0.15) is 0 Å². The first kappa shape index (κ1) is 19.2. The van der Waals surface area contributed by atoms with Crippen LogP contribution in [0.2, 0.25) is 10.0 Å². The highest BCUT2D eigenvalue weighted by Crippen LogP contribution is 2.33. The second-order valence-corrected chi connectivity index (χ2v) is 8.42. The third-order valence-electron chi connectivity index (χ3n) is 5.45. The number of rotatable bonds is 4. The van der Waals surface area contributed by atoms with E-state index in [1.54, 1.807) is 27.6 Å². The van der Waals surface area contributed by atoms with Crippen molar-refractivity contribution in [3.63, 3.8) is 0 Å². The third-order valence-corrected chi connectivity index (χ3v) is 6.19. The number of hydrogen-bond donors (Lipinski definition) is 0. The smallest absolute Gasteiger partial charge is 0.320 e. The molecular weight excluding hydrogens is 423 g/mol. The van der Waals surface area contributed by atoms with Crippen LogP contribution in [0.5, 0.6) is 0 Å². The van der Waals surface area contributed by atoms with Gasteiger partial charge in [-0.05, 0) is 49.1 Å². The lowest BCUT2D eigenvalue weighted by Gasteiger charge is -2.14. The summed E-state index contributed by atoms with van der Waals surface area (Å²) in [6, 6.07) is 12.9. The largest absolute Gasteiger partial charge is 0.337 e. The molecule has 8 heteroatoms. The molecule has 0 radical (unpaired) electrons. The van der Waals surface area contributed by atoms with Crippen LogP contribution in [0.15, 0.2) is 58.4 Å². The highest BCUT2D eigenvalue weighted by atomic mass is 35.5. The summed E-state index contributed by atoms with van der Waals surface area (Å²) >= 11 is 12.2. The number of imidazole rings is 1. The molecule has 30 heavy (non-hydrogen) atoms. The Hall–Kier alpha value is -2.83. The van der Waals surface area contributed by atoms with Crippen LogP contribution in [0.4, 0.5) is 0 Å². The summed E-state index contributed by atoms with van der Waals surface area (Å²) in [6.45, 7) is 2.33. The van der Waals surface area contributed by atoms with E-state index in [0.29, 0.717) is 27.8 Å². The molecule has 0 aliphatic heterocycles. The fraction of sp³-hybridized carbons (Fsp3) is 0.227. The second kappa shape index (κ2) is 7.15. The lowest BCUT2D eigenvalue weighted by Crippen LogP contribution is -2.39. The van der Waals surface area contributed by atoms with Crippen molar-refractivity contribution in [2.75, 3.05) is 0 Å². The molecule has 0 unspecified atom stereocenters. The number of para-hydroxylation sites is 1. The van der Waals surface area contributed by atoms with Crippen LogP contribution in [0.25, 0.3) is 16.9 Å². The average molecular weight is 441 g/mol. The lowest BCUT2D eigenvalue weighted by atomic mass is 10.2. The van der Waals surface area contributed by atoms with E-state index >= 15 is 0 Å². The minimum absolute atomic E-state index is 0.0574. The molecule has 2 aromatic heterocycles. The van der Waals surface area contributed by atoms with Crippen molar-refractivity contribution in [3.05, 3.63) is 90.8 Å². The Balaban J connectivity index is 1.78. The molecule has 6 nitrogen and oxygen atoms in total. The lowest BCUT2D eigenvalue weighted by molar-refractivity contribution is 0.638. The summed E-state index contributed by atoms with van der Waals surface area (Å²) in [5.74, 6) is 0. The molecule has 0 amide bonds. The molecule has 0 saturated heterocycles. The first-order chi connectivity index (χ1) is 14.5. The van der Waals surface area contributed by atoms with Crippen LogP contribution in [-0.4, -0.2) is 18.7 Å². The van der Waals surface area contributed by atoms with Crippen molar-refractivity contribution in [3.8, 4) is 5.69 Å². The molecule has 4 aromatic rings. The SMILES string of the molecule is Cc1ccccc1-n1c(=O)n(C2CC2)c(=O)c2c1ncn2Cc1ccc(Cl)c(Cl)c1. The van der Waals surface area contributed by atoms with Gasteiger partial charge >= 0.3 is 5.69 Å². The van der Waals surface area contributed by atoms with Crippen molar-refractivity contribution in [1.82, 2.24) is 18.7 Å². The number of hydrogen-bond acceptors (Lipinski definition) is 3. The molecule has 1 aliphatic carbocycles. The van der Waals surface area contributed by atoms with Gasteiger partial charge in [-0.1, -0.05) is 47.5 Å². The molecule has 2 heterocycles. The molecule has 1 fully saturated rings. The molecule has 152 valence electrons. The normalized spacial score (nSPS) is 13.8. The summed E-state index contributed by atoms with van der Waals surface area (Å²) in [5, 5.41) is 0.922. The van der Waals surface area contributed by atoms with Gasteiger partial charge in [0.1, 0.15) is 0 Å². The van der Waals surface area contributed by atoms with Gasteiger partial charge in [0.15, 0.2) is 11.2 Å². The molecule has 0 atom stereocenters. The Kier molecular flexibility index (Phi) is 4.56. The monoisotopic (exact) mass is 440 g/mol. The predicted octanol–water partition coefficient (Wildman–Crippen LogP) is 4.35. The maximum atomic E-state index is 13.3. The van der Waals surface area contributed by atoms with Gasteiger partial charge in [0, 0.05) is 12.6 Å². The number of aryl methyl sites for hydroxylation is 1. The van der Waals surface area contributed by atoms with E-state index in [9.17, 15) is 9.59 Å². The van der Waals surface area contributed by atoms with Crippen LogP contribution in [0.3, 0.4) is 0 Å². The van der Waals surface area contributed by atoms with Gasteiger partial charge in [0.25, 0.3) is 5.56 Å². The van der Waals surface area contributed by atoms with Gasteiger partial charge in [-0.15, -0.1) is 0 Å². The summed E-state index contributed by atoms with van der Waals surface area (Å²) in [6.07, 6.45) is 3.25. The molecule has 0 N–H and O–H groups in total. The zero-order valence-electron chi connectivity index (χ0n) is 16.2. The van der Waals surface area contributed by atoms with Crippen molar-refractivity contribution in [2.45, 2.75) is 32.4 Å². The molecule has 1 saturated carbocycles. The first-order valence-electron chi connectivity index (χ1n) is 9.68. The zero-order valence-corrected chi connectivity index (χ0v) is 17.7. The number of nitrogens with zero attached hydrogens (tertiary/aromatic N) is 4. The first-order valence-corrected chi connectivity index (χ1v) is 10.4. The Bertz CT molecular complexity index is 1410. The Morgan fingerprint density at radius 1 is 1.07 bits per heavy atom. The Morgan fingerprint density at radius 3 is 2.53 bits per heavy atom. The summed E-state index contributed by atoms with van der Waals surface area (Å²) in [5.41, 5.74) is 2.65. The molecule has 5 rings (SSSR count). The molecule has 1 aliphatic rings. The topological polar surface area (TPSA) is 61.8 Å². The minimum Gasteiger partial charge on any atom is -0.320 e. The van der Waals surface area contributed by atoms with E-state index in [1.165, 1.54) is 4.57 Å². The van der Waals surface area contributed by atoms with Crippen molar-refractivity contribution in [1.29, 1.82) is 0 Å². The van der Waals surface area contributed by atoms with E-state index in [4.69, 9.17) is 23.2 Å². The highest BCUT2D eigenvalue weighted by Gasteiger charge is 2.30. The average Bonchev–Trinajstić information content (AvgIpc) is 3.46. The Morgan fingerprint density at radius 2 is 1.83 bits per heavy atom. The van der Waals surface area contributed by atoms with E-state index < -0.39 is 0 Å². The van der Waals surface area contributed by atoms with E-state index in [1.807, 2.05) is 37.3 Å². The predicted molar refractivity (Wildman–Crippen MR) is 118 cm³/mol. The third kappa shape index (κ3) is 3.07. The summed E-state index contributed by atoms with van der Waals surface area (Å²) in [4.78, 5) is 31.1. The van der Waals surface area contributed by atoms with E-state index in [2.05, 4.69) is 4.98 Å². The fourth-order valence-corrected chi connectivity index (χ4v) is 4.11. The van der Waals surface area contributed by atoms with Crippen LogP contribution in [0.1, 0.15) is 30.0 Å². The van der Waals surface area contributed by atoms with Gasteiger partial charge in [0.2, 0.25) is 0 Å². The van der Waals surface area contributed by atoms with Crippen LogP contribution in [0, 0.1) is 6.92 Å². The second-order valence-electron chi connectivity index (χ2n) is 7.60. The quantitative estimate of drug-likeness (QED) is 0.473. The van der Waals surface area contributed by atoms with E-state index in [-0.39, 0.29) is 17.3 Å². The molecule has 0 bridgehead atoms. The maximum absolute atomic E-state index is 13.3. The summed E-state index contributed by atoms with van der Waals surface area (Å²) < 4.78 is 4.70. The standard InChI is InChI=1S/C22H18Cl2N4O2/c1-13-4-2-3-5-18(13)28-20-19(21(29)27(22(28)30)15-7-8-15)26(12-25-20)11-14-6-9-16(23)17(24)10-14/h2-6,9-10,12,15H,7-8,11H2,1H3. The number of halogens is 2.